The first-order valence-electron chi connectivity index (χ1n) is 5.13. The molecule has 0 spiro atoms. The third-order valence-corrected chi connectivity index (χ3v) is 3.18. The van der Waals surface area contributed by atoms with E-state index in [1.165, 1.54) is 0 Å². The summed E-state index contributed by atoms with van der Waals surface area (Å²) in [6.07, 6.45) is 1.61. The summed E-state index contributed by atoms with van der Waals surface area (Å²) in [6.45, 7) is 3.78. The van der Waals surface area contributed by atoms with Gasteiger partial charge in [0.1, 0.15) is 11.8 Å². The monoisotopic (exact) mass is 296 g/mol. The van der Waals surface area contributed by atoms with Gasteiger partial charge in [-0.05, 0) is 41.9 Å². The fourth-order valence-corrected chi connectivity index (χ4v) is 2.11. The van der Waals surface area contributed by atoms with Crippen LogP contribution in [0.5, 0.6) is 0 Å². The van der Waals surface area contributed by atoms with Gasteiger partial charge in [-0.1, -0.05) is 0 Å². The maximum Gasteiger partial charge on any atom is 0.140 e. The predicted octanol–water partition coefficient (Wildman–Crippen LogP) is 2.00. The highest BCUT2D eigenvalue weighted by Crippen LogP contribution is 2.30. The van der Waals surface area contributed by atoms with Crippen molar-refractivity contribution in [3.8, 4) is 0 Å². The largest absolute Gasteiger partial charge is 0.466 e. The summed E-state index contributed by atoms with van der Waals surface area (Å²) in [5, 5.41) is 8.08. The van der Waals surface area contributed by atoms with E-state index in [4.69, 9.17) is 10.3 Å². The Kier molecular flexibility index (Phi) is 3.56. The van der Waals surface area contributed by atoms with E-state index in [2.05, 4.69) is 31.6 Å². The van der Waals surface area contributed by atoms with Crippen LogP contribution in [0.25, 0.3) is 0 Å². The summed E-state index contributed by atoms with van der Waals surface area (Å²) in [4.78, 5) is 0. The van der Waals surface area contributed by atoms with Gasteiger partial charge in [0.2, 0.25) is 0 Å². The Hall–Kier alpha value is -1.24. The first-order valence-corrected chi connectivity index (χ1v) is 5.92. The summed E-state index contributed by atoms with van der Waals surface area (Å²) in [6, 6.07) is 3.53. The second-order valence-electron chi connectivity index (χ2n) is 3.76. The molecule has 2 aromatic heterocycles. The van der Waals surface area contributed by atoms with Crippen LogP contribution in [0.3, 0.4) is 0 Å². The number of hydrogen-bond acceptors (Lipinski definition) is 5. The van der Waals surface area contributed by atoms with Crippen molar-refractivity contribution >= 4 is 15.9 Å². The quantitative estimate of drug-likeness (QED) is 0.669. The van der Waals surface area contributed by atoms with Crippen molar-refractivity contribution in [2.24, 2.45) is 5.84 Å². The van der Waals surface area contributed by atoms with Gasteiger partial charge in [-0.3, -0.25) is 5.84 Å². The number of aromatic nitrogens is 2. The molecule has 2 rings (SSSR count). The predicted molar refractivity (Wildman–Crippen MR) is 67.1 cm³/mol. The van der Waals surface area contributed by atoms with Crippen molar-refractivity contribution in [3.63, 3.8) is 0 Å². The number of halogens is 1. The SMILES string of the molecule is Cc1cc(C(NN)c2occc2Br)c(C)nn1. The van der Waals surface area contributed by atoms with Crippen molar-refractivity contribution in [1.29, 1.82) is 0 Å². The second kappa shape index (κ2) is 4.95. The van der Waals surface area contributed by atoms with Crippen LogP contribution in [-0.4, -0.2) is 10.2 Å². The van der Waals surface area contributed by atoms with E-state index in [9.17, 15) is 0 Å². The minimum Gasteiger partial charge on any atom is -0.466 e. The summed E-state index contributed by atoms with van der Waals surface area (Å²) in [5.74, 6) is 6.33. The van der Waals surface area contributed by atoms with Gasteiger partial charge in [-0.25, -0.2) is 5.43 Å². The van der Waals surface area contributed by atoms with Crippen LogP contribution in [0.2, 0.25) is 0 Å². The van der Waals surface area contributed by atoms with Crippen molar-refractivity contribution in [3.05, 3.63) is 45.6 Å². The fourth-order valence-electron chi connectivity index (χ4n) is 1.68. The average Bonchev–Trinajstić information content (AvgIpc) is 2.71. The van der Waals surface area contributed by atoms with Gasteiger partial charge in [-0.15, -0.1) is 0 Å². The lowest BCUT2D eigenvalue weighted by Crippen LogP contribution is -2.29. The van der Waals surface area contributed by atoms with E-state index in [1.807, 2.05) is 26.0 Å². The third kappa shape index (κ3) is 2.38. The number of aryl methyl sites for hydroxylation is 2. The summed E-state index contributed by atoms with van der Waals surface area (Å²) >= 11 is 3.42. The topological polar surface area (TPSA) is 77.0 Å². The van der Waals surface area contributed by atoms with Crippen LogP contribution in [0.4, 0.5) is 0 Å². The highest BCUT2D eigenvalue weighted by atomic mass is 79.9. The van der Waals surface area contributed by atoms with Crippen LogP contribution in [0, 0.1) is 13.8 Å². The van der Waals surface area contributed by atoms with Gasteiger partial charge in [0.15, 0.2) is 0 Å². The Bertz CT molecular complexity index is 526. The zero-order valence-corrected chi connectivity index (χ0v) is 11.2. The first kappa shape index (κ1) is 12.2. The van der Waals surface area contributed by atoms with Gasteiger partial charge in [0.25, 0.3) is 0 Å². The molecule has 2 aromatic rings. The van der Waals surface area contributed by atoms with E-state index in [1.54, 1.807) is 6.26 Å². The Balaban J connectivity index is 2.49. The molecule has 17 heavy (non-hydrogen) atoms. The molecule has 0 saturated heterocycles. The molecular formula is C11H13BrN4O. The maximum absolute atomic E-state index is 5.60. The van der Waals surface area contributed by atoms with Gasteiger partial charge in [0.05, 0.1) is 22.1 Å². The molecule has 0 fully saturated rings. The lowest BCUT2D eigenvalue weighted by atomic mass is 10.0. The molecule has 0 saturated carbocycles. The third-order valence-electron chi connectivity index (χ3n) is 2.52. The molecule has 3 N–H and O–H groups in total. The lowest BCUT2D eigenvalue weighted by Gasteiger charge is -2.16. The standard InChI is InChI=1S/C11H13BrN4O/c1-6-5-8(7(2)16-15-6)10(14-13)11-9(12)3-4-17-11/h3-5,10,14H,13H2,1-2H3. The molecule has 1 atom stereocenters. The molecule has 0 radical (unpaired) electrons. The normalized spacial score (nSPS) is 12.7. The molecule has 0 bridgehead atoms. The molecule has 6 heteroatoms. The molecule has 1 unspecified atom stereocenters. The molecule has 0 aliphatic rings. The summed E-state index contributed by atoms with van der Waals surface area (Å²) < 4.78 is 6.30. The number of hydrogen-bond donors (Lipinski definition) is 2. The Labute approximate surface area is 108 Å². The number of furan rings is 1. The van der Waals surface area contributed by atoms with Gasteiger partial charge in [-0.2, -0.15) is 10.2 Å². The number of rotatable bonds is 3. The van der Waals surface area contributed by atoms with E-state index < -0.39 is 0 Å². The Morgan fingerprint density at radius 3 is 2.76 bits per heavy atom. The zero-order chi connectivity index (χ0) is 12.4. The minimum atomic E-state index is -0.242. The highest BCUT2D eigenvalue weighted by Gasteiger charge is 2.21. The highest BCUT2D eigenvalue weighted by molar-refractivity contribution is 9.10. The second-order valence-corrected chi connectivity index (χ2v) is 4.61. The van der Waals surface area contributed by atoms with Gasteiger partial charge >= 0.3 is 0 Å². The molecule has 0 aromatic carbocycles. The molecule has 90 valence electrons. The van der Waals surface area contributed by atoms with Crippen LogP contribution in [0.1, 0.15) is 28.8 Å². The zero-order valence-electron chi connectivity index (χ0n) is 9.57. The van der Waals surface area contributed by atoms with Crippen molar-refractivity contribution in [2.75, 3.05) is 0 Å². The molecular weight excluding hydrogens is 284 g/mol. The number of nitrogens with one attached hydrogen (secondary N) is 1. The molecule has 2 heterocycles. The van der Waals surface area contributed by atoms with Crippen molar-refractivity contribution in [2.45, 2.75) is 19.9 Å². The molecule has 0 amide bonds. The molecule has 0 aliphatic carbocycles. The summed E-state index contributed by atoms with van der Waals surface area (Å²) in [5.41, 5.74) is 5.35. The Morgan fingerprint density at radius 1 is 1.41 bits per heavy atom. The van der Waals surface area contributed by atoms with Gasteiger partial charge in [0, 0.05) is 5.56 Å². The summed E-state index contributed by atoms with van der Waals surface area (Å²) in [7, 11) is 0. The van der Waals surface area contributed by atoms with E-state index >= 15 is 0 Å². The number of nitrogens with two attached hydrogens (primary N) is 1. The molecule has 0 aliphatic heterocycles. The molecule has 5 nitrogen and oxygen atoms in total. The smallest absolute Gasteiger partial charge is 0.140 e. The van der Waals surface area contributed by atoms with Gasteiger partial charge < -0.3 is 4.42 Å². The van der Waals surface area contributed by atoms with Crippen molar-refractivity contribution in [1.82, 2.24) is 15.6 Å². The maximum atomic E-state index is 5.60. The van der Waals surface area contributed by atoms with Crippen LogP contribution in [-0.2, 0) is 0 Å². The lowest BCUT2D eigenvalue weighted by molar-refractivity contribution is 0.447. The van der Waals surface area contributed by atoms with Crippen molar-refractivity contribution < 1.29 is 4.42 Å². The first-order chi connectivity index (χ1) is 8.13. The minimum absolute atomic E-state index is 0.242. The number of hydrazine groups is 1. The fraction of sp³-hybridized carbons (Fsp3) is 0.273. The Morgan fingerprint density at radius 2 is 2.18 bits per heavy atom. The van der Waals surface area contributed by atoms with Crippen LogP contribution >= 0.6 is 15.9 Å². The van der Waals surface area contributed by atoms with Crippen LogP contribution in [0.15, 0.2) is 27.3 Å². The van der Waals surface area contributed by atoms with E-state index in [0.717, 1.165) is 27.2 Å². The van der Waals surface area contributed by atoms with E-state index in [-0.39, 0.29) is 6.04 Å². The number of nitrogens with zero attached hydrogens (tertiary/aromatic N) is 2. The van der Waals surface area contributed by atoms with Crippen LogP contribution < -0.4 is 11.3 Å². The van der Waals surface area contributed by atoms with E-state index in [0.29, 0.717) is 0 Å². The average molecular weight is 297 g/mol.